The highest BCUT2D eigenvalue weighted by atomic mass is 35.5. The van der Waals surface area contributed by atoms with Crippen LogP contribution < -0.4 is 5.32 Å². The zero-order chi connectivity index (χ0) is 17.5. The van der Waals surface area contributed by atoms with Crippen molar-refractivity contribution < 1.29 is 14.3 Å². The Kier molecular flexibility index (Phi) is 7.02. The van der Waals surface area contributed by atoms with Gasteiger partial charge in [0.2, 0.25) is 11.8 Å². The van der Waals surface area contributed by atoms with Gasteiger partial charge >= 0.3 is 0 Å². The van der Waals surface area contributed by atoms with Crippen LogP contribution in [0.5, 0.6) is 0 Å². The first-order valence-corrected chi connectivity index (χ1v) is 8.41. The third-order valence-electron chi connectivity index (χ3n) is 4.11. The van der Waals surface area contributed by atoms with E-state index in [4.69, 9.17) is 16.3 Å². The Hall–Kier alpha value is -1.63. The lowest BCUT2D eigenvalue weighted by atomic mass is 10.1. The maximum atomic E-state index is 12.2. The van der Waals surface area contributed by atoms with Gasteiger partial charge in [-0.15, -0.1) is 0 Å². The van der Waals surface area contributed by atoms with Crippen molar-refractivity contribution in [2.75, 3.05) is 46.4 Å². The molecule has 1 N–H and O–H groups in total. The number of carbonyl (C=O) groups excluding carboxylic acids is 2. The summed E-state index contributed by atoms with van der Waals surface area (Å²) >= 11 is 5.87. The van der Waals surface area contributed by atoms with E-state index >= 15 is 0 Å². The summed E-state index contributed by atoms with van der Waals surface area (Å²) in [5, 5.41) is 3.67. The molecule has 1 heterocycles. The number of hydrogen-bond donors (Lipinski definition) is 1. The number of halogens is 1. The molecule has 24 heavy (non-hydrogen) atoms. The lowest BCUT2D eigenvalue weighted by Gasteiger charge is -2.34. The molecular weight excluding hydrogens is 330 g/mol. The number of hydrogen-bond acceptors (Lipinski definition) is 4. The normalized spacial score (nSPS) is 16.7. The number of amides is 2. The average molecular weight is 354 g/mol. The smallest absolute Gasteiger partial charge is 0.248 e. The Balaban J connectivity index is 1.75. The maximum Gasteiger partial charge on any atom is 0.248 e. The summed E-state index contributed by atoms with van der Waals surface area (Å²) in [6, 6.07) is 7.38. The topological polar surface area (TPSA) is 61.9 Å². The van der Waals surface area contributed by atoms with Crippen LogP contribution in [0.3, 0.4) is 0 Å². The maximum absolute atomic E-state index is 12.2. The van der Waals surface area contributed by atoms with Crippen molar-refractivity contribution in [2.24, 2.45) is 0 Å². The minimum absolute atomic E-state index is 0.00189. The lowest BCUT2D eigenvalue weighted by molar-refractivity contribution is -0.137. The molecule has 1 aromatic carbocycles. The van der Waals surface area contributed by atoms with E-state index in [2.05, 4.69) is 10.2 Å². The molecule has 0 bridgehead atoms. The molecule has 1 aliphatic rings. The predicted octanol–water partition coefficient (Wildman–Crippen LogP) is 1.31. The highest BCUT2D eigenvalue weighted by molar-refractivity contribution is 6.30. The summed E-state index contributed by atoms with van der Waals surface area (Å²) in [6.45, 7) is 5.03. The van der Waals surface area contributed by atoms with E-state index in [1.807, 2.05) is 31.2 Å². The van der Waals surface area contributed by atoms with E-state index < -0.39 is 0 Å². The van der Waals surface area contributed by atoms with Gasteiger partial charge in [0, 0.05) is 38.3 Å². The van der Waals surface area contributed by atoms with Gasteiger partial charge in [0.25, 0.3) is 0 Å². The van der Waals surface area contributed by atoms with Gasteiger partial charge in [-0.05, 0) is 24.6 Å². The molecule has 1 unspecified atom stereocenters. The van der Waals surface area contributed by atoms with Crippen molar-refractivity contribution in [3.8, 4) is 0 Å². The molecule has 2 amide bonds. The van der Waals surface area contributed by atoms with E-state index in [1.165, 1.54) is 7.11 Å². The monoisotopic (exact) mass is 353 g/mol. The summed E-state index contributed by atoms with van der Waals surface area (Å²) < 4.78 is 4.86. The van der Waals surface area contributed by atoms with Gasteiger partial charge in [-0.3, -0.25) is 14.5 Å². The van der Waals surface area contributed by atoms with Crippen LogP contribution in [0, 0.1) is 0 Å². The molecule has 1 atom stereocenters. The van der Waals surface area contributed by atoms with Crippen molar-refractivity contribution >= 4 is 23.4 Å². The molecular formula is C17H24ClN3O3. The van der Waals surface area contributed by atoms with E-state index in [1.54, 1.807) is 4.90 Å². The first kappa shape index (κ1) is 18.7. The van der Waals surface area contributed by atoms with Gasteiger partial charge < -0.3 is 15.0 Å². The van der Waals surface area contributed by atoms with E-state index in [-0.39, 0.29) is 24.5 Å². The summed E-state index contributed by atoms with van der Waals surface area (Å²) in [5.41, 5.74) is 1.02. The summed E-state index contributed by atoms with van der Waals surface area (Å²) in [5.74, 6) is -0.0212. The van der Waals surface area contributed by atoms with Crippen molar-refractivity contribution in [1.82, 2.24) is 15.1 Å². The van der Waals surface area contributed by atoms with Crippen LogP contribution in [-0.2, 0) is 14.3 Å². The van der Waals surface area contributed by atoms with Crippen LogP contribution in [-0.4, -0.2) is 68.1 Å². The molecule has 0 aliphatic carbocycles. The number of carbonyl (C=O) groups is 2. The van der Waals surface area contributed by atoms with Crippen molar-refractivity contribution in [2.45, 2.75) is 13.0 Å². The van der Waals surface area contributed by atoms with Gasteiger partial charge in [-0.2, -0.15) is 0 Å². The Bertz CT molecular complexity index is 557. The second kappa shape index (κ2) is 9.01. The standard InChI is InChI=1S/C17H24ClN3O3/c1-13(14-3-5-15(18)6-4-14)19-16(22)11-20-7-9-21(10-8-20)17(23)12-24-2/h3-6,13H,7-12H2,1-2H3,(H,19,22). The zero-order valence-corrected chi connectivity index (χ0v) is 14.9. The minimum Gasteiger partial charge on any atom is -0.375 e. The lowest BCUT2D eigenvalue weighted by Crippen LogP contribution is -2.51. The molecule has 0 spiro atoms. The fraction of sp³-hybridized carbons (Fsp3) is 0.529. The van der Waals surface area contributed by atoms with Crippen molar-refractivity contribution in [1.29, 1.82) is 0 Å². The molecule has 1 aromatic rings. The molecule has 1 saturated heterocycles. The fourth-order valence-corrected chi connectivity index (χ4v) is 2.82. The molecule has 1 fully saturated rings. The number of nitrogens with zero attached hydrogens (tertiary/aromatic N) is 2. The second-order valence-electron chi connectivity index (χ2n) is 5.93. The van der Waals surface area contributed by atoms with Gasteiger partial charge in [0.1, 0.15) is 6.61 Å². The highest BCUT2D eigenvalue weighted by Crippen LogP contribution is 2.16. The van der Waals surface area contributed by atoms with Crippen molar-refractivity contribution in [3.63, 3.8) is 0 Å². The molecule has 2 rings (SSSR count). The average Bonchev–Trinajstić information content (AvgIpc) is 2.56. The third-order valence-corrected chi connectivity index (χ3v) is 4.36. The Morgan fingerprint density at radius 2 is 1.83 bits per heavy atom. The first-order chi connectivity index (χ1) is 11.5. The second-order valence-corrected chi connectivity index (χ2v) is 6.37. The number of methoxy groups -OCH3 is 1. The quantitative estimate of drug-likeness (QED) is 0.837. The number of ether oxygens (including phenoxy) is 1. The SMILES string of the molecule is COCC(=O)N1CCN(CC(=O)NC(C)c2ccc(Cl)cc2)CC1. The summed E-state index contributed by atoms with van der Waals surface area (Å²) in [6.07, 6.45) is 0. The highest BCUT2D eigenvalue weighted by Gasteiger charge is 2.22. The Labute approximate surface area is 147 Å². The van der Waals surface area contributed by atoms with Crippen LogP contribution in [0.4, 0.5) is 0 Å². The number of benzene rings is 1. The molecule has 0 saturated carbocycles. The largest absolute Gasteiger partial charge is 0.375 e. The third kappa shape index (κ3) is 5.47. The van der Waals surface area contributed by atoms with Gasteiger partial charge in [0.05, 0.1) is 12.6 Å². The van der Waals surface area contributed by atoms with Crippen molar-refractivity contribution in [3.05, 3.63) is 34.9 Å². The minimum atomic E-state index is -0.0701. The predicted molar refractivity (Wildman–Crippen MR) is 92.9 cm³/mol. The van der Waals surface area contributed by atoms with Crippen LogP contribution in [0.25, 0.3) is 0 Å². The Morgan fingerprint density at radius 1 is 1.21 bits per heavy atom. The van der Waals surface area contributed by atoms with Gasteiger partial charge in [0.15, 0.2) is 0 Å². The van der Waals surface area contributed by atoms with Crippen LogP contribution in [0.2, 0.25) is 5.02 Å². The van der Waals surface area contributed by atoms with Crippen LogP contribution in [0.15, 0.2) is 24.3 Å². The molecule has 0 radical (unpaired) electrons. The van der Waals surface area contributed by atoms with Crippen LogP contribution in [0.1, 0.15) is 18.5 Å². The number of piperazine rings is 1. The zero-order valence-electron chi connectivity index (χ0n) is 14.1. The molecule has 132 valence electrons. The Morgan fingerprint density at radius 3 is 2.42 bits per heavy atom. The van der Waals surface area contributed by atoms with E-state index in [0.717, 1.165) is 5.56 Å². The van der Waals surface area contributed by atoms with E-state index in [0.29, 0.717) is 37.7 Å². The number of rotatable bonds is 6. The summed E-state index contributed by atoms with van der Waals surface area (Å²) in [7, 11) is 1.51. The molecule has 1 aliphatic heterocycles. The van der Waals surface area contributed by atoms with Crippen LogP contribution >= 0.6 is 11.6 Å². The molecule has 7 heteroatoms. The van der Waals surface area contributed by atoms with Gasteiger partial charge in [-0.25, -0.2) is 0 Å². The van der Waals surface area contributed by atoms with E-state index in [9.17, 15) is 9.59 Å². The summed E-state index contributed by atoms with van der Waals surface area (Å²) in [4.78, 5) is 27.8. The number of nitrogens with one attached hydrogen (secondary N) is 1. The van der Waals surface area contributed by atoms with Gasteiger partial charge in [-0.1, -0.05) is 23.7 Å². The fourth-order valence-electron chi connectivity index (χ4n) is 2.70. The molecule has 0 aromatic heterocycles. The first-order valence-electron chi connectivity index (χ1n) is 8.03. The molecule has 6 nitrogen and oxygen atoms in total.